The third-order valence-corrected chi connectivity index (χ3v) is 3.66. The lowest BCUT2D eigenvalue weighted by Crippen LogP contribution is -2.46. The van der Waals surface area contributed by atoms with Crippen molar-refractivity contribution >= 4 is 29.1 Å². The lowest BCUT2D eigenvalue weighted by Gasteiger charge is -2.26. The number of benzene rings is 1. The Morgan fingerprint density at radius 2 is 2.00 bits per heavy atom. The van der Waals surface area contributed by atoms with E-state index in [9.17, 15) is 4.79 Å². The van der Waals surface area contributed by atoms with Crippen LogP contribution in [0.4, 0.5) is 0 Å². The molecular formula is C14H20Cl2N2O. The van der Waals surface area contributed by atoms with Crippen LogP contribution in [0.15, 0.2) is 18.2 Å². The van der Waals surface area contributed by atoms with Crippen LogP contribution in [0.1, 0.15) is 26.3 Å². The average Bonchev–Trinajstić information content (AvgIpc) is 2.36. The fraction of sp³-hybridized carbons (Fsp3) is 0.500. The second-order valence-corrected chi connectivity index (χ2v) is 5.70. The minimum Gasteiger partial charge on any atom is -0.337 e. The van der Waals surface area contributed by atoms with Gasteiger partial charge in [0.25, 0.3) is 0 Å². The fourth-order valence-corrected chi connectivity index (χ4v) is 2.17. The normalized spacial score (nSPS) is 12.6. The zero-order valence-electron chi connectivity index (χ0n) is 11.5. The van der Waals surface area contributed by atoms with Gasteiger partial charge in [-0.05, 0) is 30.5 Å². The van der Waals surface area contributed by atoms with Gasteiger partial charge in [0.05, 0.1) is 6.04 Å². The zero-order valence-corrected chi connectivity index (χ0v) is 13.0. The molecule has 0 heterocycles. The number of carbonyl (C=O) groups excluding carboxylic acids is 1. The summed E-state index contributed by atoms with van der Waals surface area (Å²) in [6.07, 6.45) is 0. The quantitative estimate of drug-likeness (QED) is 0.907. The highest BCUT2D eigenvalue weighted by Crippen LogP contribution is 2.22. The molecule has 1 atom stereocenters. The molecule has 0 aliphatic carbocycles. The number of hydrogen-bond acceptors (Lipinski definition) is 2. The van der Waals surface area contributed by atoms with Gasteiger partial charge < -0.3 is 10.6 Å². The highest BCUT2D eigenvalue weighted by atomic mass is 35.5. The summed E-state index contributed by atoms with van der Waals surface area (Å²) in [5.74, 6) is 0.0609. The third kappa shape index (κ3) is 4.37. The van der Waals surface area contributed by atoms with Crippen molar-refractivity contribution in [3.8, 4) is 0 Å². The lowest BCUT2D eigenvalue weighted by molar-refractivity contribution is -0.134. The van der Waals surface area contributed by atoms with E-state index in [4.69, 9.17) is 28.9 Å². The summed E-state index contributed by atoms with van der Waals surface area (Å²) in [6.45, 7) is 6.84. The summed E-state index contributed by atoms with van der Waals surface area (Å²) in [7, 11) is 0. The first kappa shape index (κ1) is 16.3. The fourth-order valence-electron chi connectivity index (χ4n) is 1.70. The number of rotatable bonds is 5. The highest BCUT2D eigenvalue weighted by molar-refractivity contribution is 6.35. The molecule has 0 fully saturated rings. The molecule has 19 heavy (non-hydrogen) atoms. The summed E-state index contributed by atoms with van der Waals surface area (Å²) in [5.41, 5.74) is 6.78. The van der Waals surface area contributed by atoms with E-state index in [-0.39, 0.29) is 11.8 Å². The molecule has 1 aromatic carbocycles. The number of likely N-dealkylation sites (N-methyl/N-ethyl adjacent to an activating group) is 1. The Labute approximate surface area is 124 Å². The summed E-state index contributed by atoms with van der Waals surface area (Å²) in [5, 5.41) is 1.15. The summed E-state index contributed by atoms with van der Waals surface area (Å²) in [6, 6.07) is 4.80. The van der Waals surface area contributed by atoms with Crippen LogP contribution in [0.3, 0.4) is 0 Å². The van der Waals surface area contributed by atoms with E-state index in [1.54, 1.807) is 17.0 Å². The van der Waals surface area contributed by atoms with Gasteiger partial charge in [0.1, 0.15) is 0 Å². The zero-order chi connectivity index (χ0) is 14.6. The number of nitrogens with zero attached hydrogens (tertiary/aromatic N) is 1. The van der Waals surface area contributed by atoms with Crippen molar-refractivity contribution in [2.75, 3.05) is 6.54 Å². The molecule has 0 saturated heterocycles. The molecule has 0 aliphatic rings. The van der Waals surface area contributed by atoms with E-state index in [0.29, 0.717) is 23.1 Å². The SMILES string of the molecule is CCN(Cc1ccc(Cl)cc1Cl)C(=O)C(N)C(C)C. The van der Waals surface area contributed by atoms with Crippen molar-refractivity contribution < 1.29 is 4.79 Å². The van der Waals surface area contributed by atoms with Crippen molar-refractivity contribution in [3.63, 3.8) is 0 Å². The first-order chi connectivity index (χ1) is 8.86. The van der Waals surface area contributed by atoms with Crippen molar-refractivity contribution in [1.82, 2.24) is 4.90 Å². The van der Waals surface area contributed by atoms with Crippen molar-refractivity contribution in [1.29, 1.82) is 0 Å². The van der Waals surface area contributed by atoms with Gasteiger partial charge in [0.15, 0.2) is 0 Å². The van der Waals surface area contributed by atoms with Gasteiger partial charge in [-0.15, -0.1) is 0 Å². The topological polar surface area (TPSA) is 46.3 Å². The third-order valence-electron chi connectivity index (χ3n) is 3.07. The Bertz CT molecular complexity index is 449. The number of amides is 1. The Kier molecular flexibility index (Phi) is 6.11. The Morgan fingerprint density at radius 1 is 1.37 bits per heavy atom. The monoisotopic (exact) mass is 302 g/mol. The van der Waals surface area contributed by atoms with E-state index < -0.39 is 6.04 Å². The second-order valence-electron chi connectivity index (χ2n) is 4.86. The molecule has 0 bridgehead atoms. The van der Waals surface area contributed by atoms with Gasteiger partial charge in [-0.2, -0.15) is 0 Å². The molecule has 1 amide bonds. The maximum atomic E-state index is 12.2. The molecule has 0 saturated carbocycles. The van der Waals surface area contributed by atoms with Gasteiger partial charge in [-0.3, -0.25) is 4.79 Å². The largest absolute Gasteiger partial charge is 0.337 e. The summed E-state index contributed by atoms with van der Waals surface area (Å²) < 4.78 is 0. The number of hydrogen-bond donors (Lipinski definition) is 1. The smallest absolute Gasteiger partial charge is 0.240 e. The van der Waals surface area contributed by atoms with Crippen LogP contribution in [0.5, 0.6) is 0 Å². The van der Waals surface area contributed by atoms with E-state index in [2.05, 4.69) is 0 Å². The molecular weight excluding hydrogens is 283 g/mol. The molecule has 0 spiro atoms. The van der Waals surface area contributed by atoms with E-state index in [1.165, 1.54) is 0 Å². The Balaban J connectivity index is 2.85. The first-order valence-electron chi connectivity index (χ1n) is 6.35. The summed E-state index contributed by atoms with van der Waals surface area (Å²) in [4.78, 5) is 13.9. The molecule has 1 aromatic rings. The Hall–Kier alpha value is -0.770. The molecule has 5 heteroatoms. The van der Waals surface area contributed by atoms with E-state index in [1.807, 2.05) is 26.8 Å². The van der Waals surface area contributed by atoms with E-state index in [0.717, 1.165) is 5.56 Å². The van der Waals surface area contributed by atoms with Crippen LogP contribution in [0.2, 0.25) is 10.0 Å². The van der Waals surface area contributed by atoms with Crippen LogP contribution in [0, 0.1) is 5.92 Å². The molecule has 0 aliphatic heterocycles. The van der Waals surface area contributed by atoms with Gasteiger partial charge in [-0.1, -0.05) is 43.1 Å². The predicted octanol–water partition coefficient (Wildman–Crippen LogP) is 3.33. The van der Waals surface area contributed by atoms with Gasteiger partial charge >= 0.3 is 0 Å². The van der Waals surface area contributed by atoms with Gasteiger partial charge in [0.2, 0.25) is 5.91 Å². The molecule has 1 rings (SSSR count). The predicted molar refractivity (Wildman–Crippen MR) is 80.4 cm³/mol. The number of halogens is 2. The highest BCUT2D eigenvalue weighted by Gasteiger charge is 2.23. The van der Waals surface area contributed by atoms with Crippen LogP contribution >= 0.6 is 23.2 Å². The molecule has 106 valence electrons. The number of nitrogens with two attached hydrogens (primary N) is 1. The summed E-state index contributed by atoms with van der Waals surface area (Å²) >= 11 is 12.0. The van der Waals surface area contributed by atoms with Crippen LogP contribution in [0.25, 0.3) is 0 Å². The van der Waals surface area contributed by atoms with Crippen molar-refractivity contribution in [2.45, 2.75) is 33.4 Å². The van der Waals surface area contributed by atoms with Crippen LogP contribution in [-0.2, 0) is 11.3 Å². The number of carbonyl (C=O) groups is 1. The van der Waals surface area contributed by atoms with Gasteiger partial charge in [0, 0.05) is 23.1 Å². The second kappa shape index (κ2) is 7.13. The Morgan fingerprint density at radius 3 is 2.47 bits per heavy atom. The van der Waals surface area contributed by atoms with E-state index >= 15 is 0 Å². The molecule has 2 N–H and O–H groups in total. The molecule has 0 radical (unpaired) electrons. The van der Waals surface area contributed by atoms with Crippen molar-refractivity contribution in [2.24, 2.45) is 11.7 Å². The molecule has 3 nitrogen and oxygen atoms in total. The molecule has 1 unspecified atom stereocenters. The van der Waals surface area contributed by atoms with Crippen molar-refractivity contribution in [3.05, 3.63) is 33.8 Å². The lowest BCUT2D eigenvalue weighted by atomic mass is 10.0. The maximum Gasteiger partial charge on any atom is 0.240 e. The standard InChI is InChI=1S/C14H20Cl2N2O/c1-4-18(14(19)13(17)9(2)3)8-10-5-6-11(15)7-12(10)16/h5-7,9,13H,4,8,17H2,1-3H3. The minimum atomic E-state index is -0.481. The molecule has 0 aromatic heterocycles. The first-order valence-corrected chi connectivity index (χ1v) is 7.10. The van der Waals surface area contributed by atoms with Crippen LogP contribution in [-0.4, -0.2) is 23.4 Å². The minimum absolute atomic E-state index is 0.0523. The van der Waals surface area contributed by atoms with Gasteiger partial charge in [-0.25, -0.2) is 0 Å². The average molecular weight is 303 g/mol. The maximum absolute atomic E-state index is 12.2. The van der Waals surface area contributed by atoms with Crippen LogP contribution < -0.4 is 5.73 Å².